The number of hydrogen-bond acceptors (Lipinski definition) is 4. The number of benzene rings is 2. The fraction of sp³-hybridized carbons (Fsp3) is 0.0769. The minimum atomic E-state index is -0.442. The number of nitrogens with two attached hydrogens (primary N) is 1. The lowest BCUT2D eigenvalue weighted by Gasteiger charge is -2.10. The maximum atomic E-state index is 11.0. The van der Waals surface area contributed by atoms with Gasteiger partial charge in [0.25, 0.3) is 5.69 Å². The Bertz CT molecular complexity index is 644. The van der Waals surface area contributed by atoms with Gasteiger partial charge in [0.2, 0.25) is 0 Å². The number of nitrogen functional groups attached to an aromatic ring is 1. The summed E-state index contributed by atoms with van der Waals surface area (Å²) in [6, 6.07) is 9.77. The van der Waals surface area contributed by atoms with Crippen LogP contribution in [0.5, 0.6) is 0 Å². The highest BCUT2D eigenvalue weighted by atomic mass is 35.5. The Balaban J connectivity index is 2.45. The number of nitro benzene ring substituents is 1. The SMILES string of the molecule is Cc1ccc([N+](=O)[O-])c(Nc2cc(N)ccc2Cl)c1. The van der Waals surface area contributed by atoms with E-state index in [-0.39, 0.29) is 5.69 Å². The Hall–Kier alpha value is -2.27. The van der Waals surface area contributed by atoms with Crippen LogP contribution in [0.4, 0.5) is 22.7 Å². The third kappa shape index (κ3) is 2.95. The summed E-state index contributed by atoms with van der Waals surface area (Å²) >= 11 is 6.03. The Morgan fingerprint density at radius 2 is 1.95 bits per heavy atom. The maximum absolute atomic E-state index is 11.0. The first kappa shape index (κ1) is 13.2. The van der Waals surface area contributed by atoms with Crippen LogP contribution < -0.4 is 11.1 Å². The molecule has 0 aliphatic heterocycles. The second kappa shape index (κ2) is 5.16. The average molecular weight is 278 g/mol. The molecule has 19 heavy (non-hydrogen) atoms. The molecule has 0 unspecified atom stereocenters. The number of aryl methyl sites for hydroxylation is 1. The van der Waals surface area contributed by atoms with Crippen LogP contribution in [0, 0.1) is 17.0 Å². The molecule has 2 aromatic carbocycles. The van der Waals surface area contributed by atoms with Gasteiger partial charge in [-0.25, -0.2) is 0 Å². The van der Waals surface area contributed by atoms with Crippen molar-refractivity contribution in [3.63, 3.8) is 0 Å². The largest absolute Gasteiger partial charge is 0.399 e. The molecular formula is C13H12ClN3O2. The summed E-state index contributed by atoms with van der Waals surface area (Å²) in [6.45, 7) is 1.86. The van der Waals surface area contributed by atoms with E-state index in [1.807, 2.05) is 6.92 Å². The monoisotopic (exact) mass is 277 g/mol. The molecule has 0 aromatic heterocycles. The van der Waals surface area contributed by atoms with Crippen LogP contribution in [0.25, 0.3) is 0 Å². The summed E-state index contributed by atoms with van der Waals surface area (Å²) in [5.41, 5.74) is 8.03. The van der Waals surface area contributed by atoms with Crippen LogP contribution in [0.1, 0.15) is 5.56 Å². The molecule has 0 spiro atoms. The van der Waals surface area contributed by atoms with Crippen LogP contribution in [-0.2, 0) is 0 Å². The van der Waals surface area contributed by atoms with E-state index in [1.54, 1.807) is 30.3 Å². The molecular weight excluding hydrogens is 266 g/mol. The summed E-state index contributed by atoms with van der Waals surface area (Å²) < 4.78 is 0. The normalized spacial score (nSPS) is 10.2. The number of hydrogen-bond donors (Lipinski definition) is 2. The van der Waals surface area contributed by atoms with Crippen molar-refractivity contribution in [3.8, 4) is 0 Å². The van der Waals surface area contributed by atoms with Gasteiger partial charge in [0, 0.05) is 11.8 Å². The van der Waals surface area contributed by atoms with Gasteiger partial charge in [0.15, 0.2) is 0 Å². The van der Waals surface area contributed by atoms with E-state index < -0.39 is 4.92 Å². The molecule has 2 rings (SSSR count). The van der Waals surface area contributed by atoms with Crippen LogP contribution >= 0.6 is 11.6 Å². The molecule has 0 heterocycles. The smallest absolute Gasteiger partial charge is 0.292 e. The highest BCUT2D eigenvalue weighted by molar-refractivity contribution is 6.33. The van der Waals surface area contributed by atoms with Gasteiger partial charge in [-0.3, -0.25) is 10.1 Å². The van der Waals surface area contributed by atoms with Crippen LogP contribution in [-0.4, -0.2) is 4.92 Å². The van der Waals surface area contributed by atoms with Crippen molar-refractivity contribution in [2.24, 2.45) is 0 Å². The Morgan fingerprint density at radius 3 is 2.63 bits per heavy atom. The van der Waals surface area contributed by atoms with E-state index >= 15 is 0 Å². The lowest BCUT2D eigenvalue weighted by atomic mass is 10.2. The predicted molar refractivity (Wildman–Crippen MR) is 77.0 cm³/mol. The predicted octanol–water partition coefficient (Wildman–Crippen LogP) is 3.88. The summed E-state index contributed by atoms with van der Waals surface area (Å²) in [7, 11) is 0. The number of nitrogens with zero attached hydrogens (tertiary/aromatic N) is 1. The minimum absolute atomic E-state index is 0.0101. The van der Waals surface area contributed by atoms with Crippen molar-refractivity contribution in [1.29, 1.82) is 0 Å². The third-order valence-corrected chi connectivity index (χ3v) is 2.94. The summed E-state index contributed by atoms with van der Waals surface area (Å²) in [5, 5.41) is 14.4. The summed E-state index contributed by atoms with van der Waals surface area (Å²) in [4.78, 5) is 10.5. The lowest BCUT2D eigenvalue weighted by Crippen LogP contribution is -1.98. The van der Waals surface area contributed by atoms with Crippen molar-refractivity contribution in [2.45, 2.75) is 6.92 Å². The molecule has 0 atom stereocenters. The topological polar surface area (TPSA) is 81.2 Å². The van der Waals surface area contributed by atoms with E-state index in [1.165, 1.54) is 6.07 Å². The van der Waals surface area contributed by atoms with Gasteiger partial charge in [0.1, 0.15) is 5.69 Å². The Kier molecular flexibility index (Phi) is 3.57. The van der Waals surface area contributed by atoms with Crippen molar-refractivity contribution in [1.82, 2.24) is 0 Å². The Morgan fingerprint density at radius 1 is 1.21 bits per heavy atom. The molecule has 0 bridgehead atoms. The van der Waals surface area contributed by atoms with Gasteiger partial charge in [0.05, 0.1) is 15.6 Å². The molecule has 0 saturated carbocycles. The third-order valence-electron chi connectivity index (χ3n) is 2.61. The first-order chi connectivity index (χ1) is 8.97. The second-order valence-electron chi connectivity index (χ2n) is 4.14. The van der Waals surface area contributed by atoms with Crippen molar-refractivity contribution < 1.29 is 4.92 Å². The zero-order valence-corrected chi connectivity index (χ0v) is 10.9. The molecule has 0 radical (unpaired) electrons. The quantitative estimate of drug-likeness (QED) is 0.507. The van der Waals surface area contributed by atoms with E-state index in [4.69, 9.17) is 17.3 Å². The maximum Gasteiger partial charge on any atom is 0.292 e. The first-order valence-corrected chi connectivity index (χ1v) is 5.92. The van der Waals surface area contributed by atoms with Gasteiger partial charge in [-0.2, -0.15) is 0 Å². The summed E-state index contributed by atoms with van der Waals surface area (Å²) in [6.07, 6.45) is 0. The highest BCUT2D eigenvalue weighted by Gasteiger charge is 2.14. The van der Waals surface area contributed by atoms with Gasteiger partial charge in [-0.1, -0.05) is 17.7 Å². The van der Waals surface area contributed by atoms with Gasteiger partial charge in [-0.05, 0) is 36.8 Å². The lowest BCUT2D eigenvalue weighted by molar-refractivity contribution is -0.383. The number of halogens is 1. The molecule has 0 amide bonds. The van der Waals surface area contributed by atoms with E-state index in [9.17, 15) is 10.1 Å². The fourth-order valence-electron chi connectivity index (χ4n) is 1.69. The van der Waals surface area contributed by atoms with Crippen LogP contribution in [0.3, 0.4) is 0 Å². The fourth-order valence-corrected chi connectivity index (χ4v) is 1.86. The summed E-state index contributed by atoms with van der Waals surface area (Å²) in [5.74, 6) is 0. The minimum Gasteiger partial charge on any atom is -0.399 e. The first-order valence-electron chi connectivity index (χ1n) is 5.54. The average Bonchev–Trinajstić information content (AvgIpc) is 2.33. The zero-order chi connectivity index (χ0) is 14.0. The standard InChI is InChI=1S/C13H12ClN3O2/c1-8-2-5-13(17(18)19)12(6-8)16-11-7-9(15)3-4-10(11)14/h2-7,16H,15H2,1H3. The highest BCUT2D eigenvalue weighted by Crippen LogP contribution is 2.32. The van der Waals surface area contributed by atoms with E-state index in [0.717, 1.165) is 5.56 Å². The zero-order valence-electron chi connectivity index (χ0n) is 10.2. The molecule has 0 aliphatic rings. The van der Waals surface area contributed by atoms with Crippen LogP contribution in [0.2, 0.25) is 5.02 Å². The molecule has 6 heteroatoms. The molecule has 5 nitrogen and oxygen atoms in total. The molecule has 0 fully saturated rings. The van der Waals surface area contributed by atoms with E-state index in [2.05, 4.69) is 5.32 Å². The van der Waals surface area contributed by atoms with Crippen molar-refractivity contribution >= 4 is 34.4 Å². The number of anilines is 3. The number of rotatable bonds is 3. The molecule has 0 saturated heterocycles. The van der Waals surface area contributed by atoms with E-state index in [0.29, 0.717) is 22.1 Å². The molecule has 98 valence electrons. The Labute approximate surface area is 115 Å². The van der Waals surface area contributed by atoms with Gasteiger partial charge >= 0.3 is 0 Å². The molecule has 2 aromatic rings. The molecule has 3 N–H and O–H groups in total. The van der Waals surface area contributed by atoms with Gasteiger partial charge < -0.3 is 11.1 Å². The number of nitro groups is 1. The van der Waals surface area contributed by atoms with Crippen LogP contribution in [0.15, 0.2) is 36.4 Å². The van der Waals surface area contributed by atoms with Gasteiger partial charge in [-0.15, -0.1) is 0 Å². The van der Waals surface area contributed by atoms with Crippen molar-refractivity contribution in [2.75, 3.05) is 11.1 Å². The number of nitrogens with one attached hydrogen (secondary N) is 1. The second-order valence-corrected chi connectivity index (χ2v) is 4.55. The van der Waals surface area contributed by atoms with Crippen molar-refractivity contribution in [3.05, 3.63) is 57.1 Å². The molecule has 0 aliphatic carbocycles.